The molecule has 0 saturated carbocycles. The predicted molar refractivity (Wildman–Crippen MR) is 51.0 cm³/mol. The highest BCUT2D eigenvalue weighted by atomic mass is 19.4. The van der Waals surface area contributed by atoms with Gasteiger partial charge in [-0.05, 0) is 12.1 Å². The van der Waals surface area contributed by atoms with Gasteiger partial charge in [-0.25, -0.2) is 9.59 Å². The fraction of sp³-hybridized carbons (Fsp3) is 0.273. The van der Waals surface area contributed by atoms with E-state index in [1.54, 1.807) is 0 Å². The summed E-state index contributed by atoms with van der Waals surface area (Å²) in [5.41, 5.74) is -3.24. The van der Waals surface area contributed by atoms with Gasteiger partial charge >= 0.3 is 24.3 Å². The zero-order valence-electron chi connectivity index (χ0n) is 9.30. The molecule has 0 amide bonds. The van der Waals surface area contributed by atoms with Gasteiger partial charge in [-0.15, -0.1) is 0 Å². The number of carbonyl (C=O) groups is 2. The summed E-state index contributed by atoms with van der Waals surface area (Å²) in [6, 6.07) is 2.51. The van der Waals surface area contributed by atoms with E-state index in [1.165, 1.54) is 0 Å². The Morgan fingerprint density at radius 1 is 0.850 bits per heavy atom. The van der Waals surface area contributed by atoms with Crippen molar-refractivity contribution in [3.05, 3.63) is 34.9 Å². The Kier molecular flexibility index (Phi) is 3.03. The fourth-order valence-corrected chi connectivity index (χ4v) is 1.94. The van der Waals surface area contributed by atoms with Crippen molar-refractivity contribution in [3.63, 3.8) is 0 Å². The van der Waals surface area contributed by atoms with E-state index < -0.39 is 46.9 Å². The number of esters is 2. The fourth-order valence-electron chi connectivity index (χ4n) is 1.94. The quantitative estimate of drug-likeness (QED) is 0.454. The van der Waals surface area contributed by atoms with Crippen LogP contribution < -0.4 is 0 Å². The molecule has 0 spiro atoms. The lowest BCUT2D eigenvalue weighted by atomic mass is 9.87. The molecular formula is C11H4F6O3. The zero-order valence-corrected chi connectivity index (χ0v) is 9.30. The van der Waals surface area contributed by atoms with Gasteiger partial charge in [-0.3, -0.25) is 0 Å². The van der Waals surface area contributed by atoms with Gasteiger partial charge in [0.05, 0.1) is 11.1 Å². The Balaban J connectivity index is 2.76. The highest BCUT2D eigenvalue weighted by Gasteiger charge is 2.60. The molecule has 0 aliphatic carbocycles. The normalized spacial score (nSPS) is 15.6. The average molecular weight is 298 g/mol. The number of alkyl halides is 6. The van der Waals surface area contributed by atoms with Crippen LogP contribution in [0.1, 0.15) is 32.2 Å². The van der Waals surface area contributed by atoms with Crippen LogP contribution >= 0.6 is 0 Å². The molecular weight excluding hydrogens is 294 g/mol. The first-order chi connectivity index (χ1) is 9.03. The lowest BCUT2D eigenvalue weighted by Gasteiger charge is -2.28. The minimum atomic E-state index is -5.69. The van der Waals surface area contributed by atoms with Gasteiger partial charge in [0.15, 0.2) is 5.92 Å². The van der Waals surface area contributed by atoms with Crippen LogP contribution in [-0.2, 0) is 4.74 Å². The molecule has 20 heavy (non-hydrogen) atoms. The third-order valence-electron chi connectivity index (χ3n) is 2.67. The van der Waals surface area contributed by atoms with E-state index in [0.29, 0.717) is 0 Å². The summed E-state index contributed by atoms with van der Waals surface area (Å²) in [5, 5.41) is 0. The van der Waals surface area contributed by atoms with Gasteiger partial charge in [-0.1, -0.05) is 6.07 Å². The Bertz CT molecular complexity index is 541. The van der Waals surface area contributed by atoms with Crippen LogP contribution in [0.15, 0.2) is 18.2 Å². The number of benzene rings is 1. The van der Waals surface area contributed by atoms with Gasteiger partial charge in [0, 0.05) is 5.56 Å². The van der Waals surface area contributed by atoms with Crippen LogP contribution in [0, 0.1) is 0 Å². The summed E-state index contributed by atoms with van der Waals surface area (Å²) in [4.78, 5) is 22.5. The van der Waals surface area contributed by atoms with Crippen LogP contribution in [0.2, 0.25) is 0 Å². The number of ether oxygens (including phenoxy) is 1. The number of rotatable bonds is 1. The molecule has 0 radical (unpaired) electrons. The largest absolute Gasteiger partial charge is 0.404 e. The Labute approximate surface area is 107 Å². The Morgan fingerprint density at radius 2 is 1.25 bits per heavy atom. The molecule has 1 aliphatic rings. The van der Waals surface area contributed by atoms with Crippen molar-refractivity contribution in [2.24, 2.45) is 0 Å². The first-order valence-corrected chi connectivity index (χ1v) is 5.06. The van der Waals surface area contributed by atoms with E-state index in [-0.39, 0.29) is 0 Å². The van der Waals surface area contributed by atoms with Crippen LogP contribution in [-0.4, -0.2) is 24.3 Å². The zero-order chi connectivity index (χ0) is 15.3. The first-order valence-electron chi connectivity index (χ1n) is 5.06. The summed E-state index contributed by atoms with van der Waals surface area (Å²) in [7, 11) is 0. The molecule has 3 nitrogen and oxygen atoms in total. The van der Waals surface area contributed by atoms with Crippen molar-refractivity contribution in [1.29, 1.82) is 0 Å². The van der Waals surface area contributed by atoms with E-state index in [1.807, 2.05) is 0 Å². The molecule has 1 aromatic carbocycles. The molecule has 0 saturated heterocycles. The SMILES string of the molecule is O=C1OC(=O)c2cccc1c2C(C(F)(F)F)C(F)(F)F. The number of hydrogen-bond donors (Lipinski definition) is 0. The molecule has 1 aromatic rings. The maximum Gasteiger partial charge on any atom is 0.404 e. The van der Waals surface area contributed by atoms with Crippen LogP contribution in [0.25, 0.3) is 0 Å². The Morgan fingerprint density at radius 3 is 1.60 bits per heavy atom. The molecule has 2 rings (SSSR count). The molecule has 9 heteroatoms. The number of fused-ring (bicyclic) bond motifs is 2. The van der Waals surface area contributed by atoms with E-state index in [2.05, 4.69) is 4.74 Å². The van der Waals surface area contributed by atoms with Gasteiger partial charge in [0.1, 0.15) is 0 Å². The van der Waals surface area contributed by atoms with E-state index >= 15 is 0 Å². The van der Waals surface area contributed by atoms with Crippen LogP contribution in [0.5, 0.6) is 0 Å². The minimum Gasteiger partial charge on any atom is -0.386 e. The Hall–Kier alpha value is -2.06. The molecule has 1 aliphatic heterocycles. The van der Waals surface area contributed by atoms with Gasteiger partial charge in [-0.2, -0.15) is 26.3 Å². The predicted octanol–water partition coefficient (Wildman–Crippen LogP) is 3.21. The number of halogens is 6. The maximum absolute atomic E-state index is 12.7. The summed E-state index contributed by atoms with van der Waals surface area (Å²) in [5.74, 6) is -6.98. The molecule has 0 aromatic heterocycles. The molecule has 2 bridgehead atoms. The first kappa shape index (κ1) is 14.4. The van der Waals surface area contributed by atoms with Crippen molar-refractivity contribution in [2.75, 3.05) is 0 Å². The third kappa shape index (κ3) is 2.23. The second-order valence-electron chi connectivity index (χ2n) is 3.96. The van der Waals surface area contributed by atoms with Gasteiger partial charge in [0.25, 0.3) is 0 Å². The third-order valence-corrected chi connectivity index (χ3v) is 2.67. The minimum absolute atomic E-state index is 0.748. The number of hydrogen-bond acceptors (Lipinski definition) is 3. The number of cyclic esters (lactones) is 2. The molecule has 0 N–H and O–H groups in total. The standard InChI is InChI=1S/C11H4F6O3/c12-10(13,14)7(11(15,16)17)6-4-2-1-3-5(6)9(19)20-8(4)18/h1-3,7H. The second-order valence-corrected chi connectivity index (χ2v) is 3.96. The van der Waals surface area contributed by atoms with Gasteiger partial charge < -0.3 is 4.74 Å². The van der Waals surface area contributed by atoms with Crippen molar-refractivity contribution >= 4 is 11.9 Å². The van der Waals surface area contributed by atoms with Crippen molar-refractivity contribution in [2.45, 2.75) is 18.3 Å². The molecule has 108 valence electrons. The van der Waals surface area contributed by atoms with E-state index in [0.717, 1.165) is 18.2 Å². The molecule has 0 unspecified atom stereocenters. The van der Waals surface area contributed by atoms with Crippen LogP contribution in [0.3, 0.4) is 0 Å². The summed E-state index contributed by atoms with van der Waals surface area (Å²) in [6.45, 7) is 0. The summed E-state index contributed by atoms with van der Waals surface area (Å²) in [6.07, 6.45) is -11.4. The van der Waals surface area contributed by atoms with E-state index in [4.69, 9.17) is 0 Å². The average Bonchev–Trinajstić information content (AvgIpc) is 2.22. The highest BCUT2D eigenvalue weighted by Crippen LogP contribution is 2.49. The molecule has 1 heterocycles. The lowest BCUT2D eigenvalue weighted by Crippen LogP contribution is -2.38. The topological polar surface area (TPSA) is 43.4 Å². The second kappa shape index (κ2) is 4.22. The monoisotopic (exact) mass is 298 g/mol. The van der Waals surface area contributed by atoms with Crippen molar-refractivity contribution in [1.82, 2.24) is 0 Å². The van der Waals surface area contributed by atoms with E-state index in [9.17, 15) is 35.9 Å². The highest BCUT2D eigenvalue weighted by molar-refractivity contribution is 6.09. The maximum atomic E-state index is 12.7. The van der Waals surface area contributed by atoms with Crippen molar-refractivity contribution in [3.8, 4) is 0 Å². The summed E-state index contributed by atoms with van der Waals surface area (Å²) >= 11 is 0. The van der Waals surface area contributed by atoms with Gasteiger partial charge in [0.2, 0.25) is 0 Å². The van der Waals surface area contributed by atoms with Crippen molar-refractivity contribution < 1.29 is 40.7 Å². The number of carbonyl (C=O) groups excluding carboxylic acids is 2. The molecule has 0 fully saturated rings. The smallest absolute Gasteiger partial charge is 0.386 e. The summed E-state index contributed by atoms with van der Waals surface area (Å²) < 4.78 is 80.2. The van der Waals surface area contributed by atoms with Crippen LogP contribution in [0.4, 0.5) is 26.3 Å². The lowest BCUT2D eigenvalue weighted by molar-refractivity contribution is -0.253. The molecule has 0 atom stereocenters.